The maximum atomic E-state index is 14.3. The first-order chi connectivity index (χ1) is 16.0. The largest absolute Gasteiger partial charge is 0.319 e. The molecule has 3 rings (SSSR count). The van der Waals surface area contributed by atoms with Crippen LogP contribution < -0.4 is 5.73 Å². The van der Waals surface area contributed by atoms with Crippen LogP contribution >= 0.6 is 12.6 Å². The van der Waals surface area contributed by atoms with E-state index in [1.807, 2.05) is 59.5 Å². The van der Waals surface area contributed by atoms with Crippen LogP contribution in [-0.2, 0) is 10.3 Å². The minimum absolute atomic E-state index is 0.0110. The molecule has 0 heterocycles. The Hall–Kier alpha value is -2.56. The van der Waals surface area contributed by atoms with E-state index in [0.29, 0.717) is 0 Å². The quantitative estimate of drug-likeness (QED) is 0.298. The van der Waals surface area contributed by atoms with Crippen LogP contribution in [0, 0.1) is 5.41 Å². The van der Waals surface area contributed by atoms with Crippen molar-refractivity contribution in [2.45, 2.75) is 58.2 Å². The molecule has 0 saturated carbocycles. The van der Waals surface area contributed by atoms with Crippen LogP contribution in [0.1, 0.15) is 57.7 Å². The average molecular weight is 475 g/mol. The van der Waals surface area contributed by atoms with Gasteiger partial charge >= 0.3 is 0 Å². The summed E-state index contributed by atoms with van der Waals surface area (Å²) in [5.74, 6) is 0.163. The summed E-state index contributed by atoms with van der Waals surface area (Å²) in [6.07, 6.45) is 0.791. The molecular formula is C30H38N2OS. The van der Waals surface area contributed by atoms with Gasteiger partial charge in [-0.1, -0.05) is 112 Å². The molecule has 0 bridgehead atoms. The Bertz CT molecular complexity index is 963. The maximum absolute atomic E-state index is 14.3. The third kappa shape index (κ3) is 5.24. The molecule has 1 atom stereocenters. The summed E-state index contributed by atoms with van der Waals surface area (Å²) >= 11 is 4.42. The molecule has 0 unspecified atom stereocenters. The number of benzene rings is 3. The van der Waals surface area contributed by atoms with Crippen molar-refractivity contribution in [2.24, 2.45) is 11.1 Å². The Balaban J connectivity index is 2.50. The van der Waals surface area contributed by atoms with Gasteiger partial charge in [0.25, 0.3) is 0 Å². The molecule has 2 N–H and O–H groups in total. The summed E-state index contributed by atoms with van der Waals surface area (Å²) in [5, 5.41) is 0. The molecule has 0 fully saturated rings. The lowest BCUT2D eigenvalue weighted by Gasteiger charge is -2.55. The van der Waals surface area contributed by atoms with Crippen molar-refractivity contribution in [1.29, 1.82) is 0 Å². The summed E-state index contributed by atoms with van der Waals surface area (Å²) < 4.78 is 0. The topological polar surface area (TPSA) is 46.3 Å². The van der Waals surface area contributed by atoms with Crippen LogP contribution in [0.5, 0.6) is 0 Å². The smallest absolute Gasteiger partial charge is 0.242 e. The molecule has 0 radical (unpaired) electrons. The van der Waals surface area contributed by atoms with Crippen LogP contribution in [0.2, 0.25) is 0 Å². The van der Waals surface area contributed by atoms with Gasteiger partial charge in [0.2, 0.25) is 5.91 Å². The first-order valence-electron chi connectivity index (χ1n) is 11.9. The summed E-state index contributed by atoms with van der Waals surface area (Å²) in [6.45, 7) is 11.0. The van der Waals surface area contributed by atoms with Crippen molar-refractivity contribution in [3.8, 4) is 0 Å². The molecule has 0 aromatic heterocycles. The second-order valence-corrected chi connectivity index (χ2v) is 11.2. The number of nitrogens with zero attached hydrogens (tertiary/aromatic N) is 1. The van der Waals surface area contributed by atoms with Crippen molar-refractivity contribution >= 4 is 18.5 Å². The predicted molar refractivity (Wildman–Crippen MR) is 146 cm³/mol. The minimum atomic E-state index is -0.879. The predicted octanol–water partition coefficient (Wildman–Crippen LogP) is 6.28. The van der Waals surface area contributed by atoms with Gasteiger partial charge in [-0.25, -0.2) is 0 Å². The number of carbonyl (C=O) groups is 1. The Morgan fingerprint density at radius 1 is 0.765 bits per heavy atom. The van der Waals surface area contributed by atoms with E-state index in [2.05, 4.69) is 83.6 Å². The van der Waals surface area contributed by atoms with E-state index in [9.17, 15) is 4.79 Å². The third-order valence-electron chi connectivity index (χ3n) is 6.21. The van der Waals surface area contributed by atoms with Gasteiger partial charge in [0.1, 0.15) is 5.54 Å². The second kappa shape index (κ2) is 10.4. The Morgan fingerprint density at radius 2 is 1.12 bits per heavy atom. The molecule has 0 saturated heterocycles. The van der Waals surface area contributed by atoms with Gasteiger partial charge in [0.15, 0.2) is 0 Å². The number of hydrogen-bond donors (Lipinski definition) is 2. The van der Waals surface area contributed by atoms with Crippen LogP contribution in [0.4, 0.5) is 0 Å². The zero-order valence-corrected chi connectivity index (χ0v) is 21.9. The molecule has 3 aromatic rings. The molecule has 0 aliphatic carbocycles. The summed E-state index contributed by atoms with van der Waals surface area (Å²) in [4.78, 5) is 16.4. The average Bonchev–Trinajstić information content (AvgIpc) is 2.81. The third-order valence-corrected chi connectivity index (χ3v) is 6.61. The van der Waals surface area contributed by atoms with E-state index in [1.165, 1.54) is 0 Å². The van der Waals surface area contributed by atoms with Gasteiger partial charge in [-0.2, -0.15) is 12.6 Å². The molecule has 0 spiro atoms. The number of rotatable bonds is 8. The minimum Gasteiger partial charge on any atom is -0.319 e. The Morgan fingerprint density at radius 3 is 1.41 bits per heavy atom. The van der Waals surface area contributed by atoms with Crippen LogP contribution in [0.25, 0.3) is 0 Å². The molecule has 3 aromatic carbocycles. The van der Waals surface area contributed by atoms with E-state index in [-0.39, 0.29) is 17.1 Å². The molecule has 34 heavy (non-hydrogen) atoms. The number of carbonyl (C=O) groups excluding carboxylic acids is 1. The van der Waals surface area contributed by atoms with E-state index in [1.54, 1.807) is 0 Å². The van der Waals surface area contributed by atoms with Crippen LogP contribution in [0.3, 0.4) is 0 Å². The van der Waals surface area contributed by atoms with Crippen molar-refractivity contribution in [3.63, 3.8) is 0 Å². The molecule has 4 heteroatoms. The fourth-order valence-corrected chi connectivity index (χ4v) is 5.62. The standard InChI is InChI=1S/C30H38N2OS/c1-28(2,3)22-29(4,5)32(27(33)26(31)21-34)30(23-15-9-6-10-16-23,24-17-11-7-12-18-24)25-19-13-8-14-20-25/h6-20,26,34H,21-22,31H2,1-5H3/t26-/m0/s1. The van der Waals surface area contributed by atoms with Gasteiger partial charge in [-0.15, -0.1) is 0 Å². The molecule has 0 aliphatic rings. The second-order valence-electron chi connectivity index (χ2n) is 10.8. The van der Waals surface area contributed by atoms with Crippen LogP contribution in [-0.4, -0.2) is 28.1 Å². The molecule has 180 valence electrons. The van der Waals surface area contributed by atoms with Crippen molar-refractivity contribution in [3.05, 3.63) is 108 Å². The molecular weight excluding hydrogens is 436 g/mol. The van der Waals surface area contributed by atoms with Gasteiger partial charge in [0.05, 0.1) is 6.04 Å². The lowest BCUT2D eigenvalue weighted by molar-refractivity contribution is -0.145. The molecule has 1 amide bonds. The SMILES string of the molecule is CC(C)(C)CC(C)(C)N(C(=O)[C@@H](N)CS)C(c1ccccc1)(c1ccccc1)c1ccccc1. The number of amides is 1. The number of nitrogens with two attached hydrogens (primary N) is 1. The number of hydrogen-bond acceptors (Lipinski definition) is 3. The van der Waals surface area contributed by atoms with Crippen molar-refractivity contribution in [1.82, 2.24) is 4.90 Å². The summed E-state index contributed by atoms with van der Waals surface area (Å²) in [7, 11) is 0. The Labute approximate surface area is 210 Å². The molecule has 0 aliphatic heterocycles. The van der Waals surface area contributed by atoms with Gasteiger partial charge in [-0.3, -0.25) is 4.79 Å². The van der Waals surface area contributed by atoms with E-state index >= 15 is 0 Å². The fourth-order valence-electron chi connectivity index (χ4n) is 5.46. The lowest BCUT2D eigenvalue weighted by atomic mass is 9.70. The van der Waals surface area contributed by atoms with Gasteiger partial charge in [-0.05, 0) is 42.4 Å². The van der Waals surface area contributed by atoms with E-state index in [4.69, 9.17) is 5.73 Å². The fraction of sp³-hybridized carbons (Fsp3) is 0.367. The number of thiol groups is 1. The first-order valence-corrected chi connectivity index (χ1v) is 12.5. The van der Waals surface area contributed by atoms with Crippen LogP contribution in [0.15, 0.2) is 91.0 Å². The highest BCUT2D eigenvalue weighted by molar-refractivity contribution is 7.80. The highest BCUT2D eigenvalue weighted by Crippen LogP contribution is 2.48. The maximum Gasteiger partial charge on any atom is 0.242 e. The van der Waals surface area contributed by atoms with E-state index < -0.39 is 17.1 Å². The van der Waals surface area contributed by atoms with Gasteiger partial charge < -0.3 is 10.6 Å². The summed E-state index contributed by atoms with van der Waals surface area (Å²) in [6, 6.07) is 30.2. The highest BCUT2D eigenvalue weighted by Gasteiger charge is 2.52. The lowest BCUT2D eigenvalue weighted by Crippen LogP contribution is -2.64. The zero-order valence-electron chi connectivity index (χ0n) is 21.0. The van der Waals surface area contributed by atoms with Crippen molar-refractivity contribution < 1.29 is 4.79 Å². The highest BCUT2D eigenvalue weighted by atomic mass is 32.1. The summed E-state index contributed by atoms with van der Waals surface area (Å²) in [5.41, 5.74) is 8.09. The zero-order chi connectivity index (χ0) is 25.0. The van der Waals surface area contributed by atoms with Crippen molar-refractivity contribution in [2.75, 3.05) is 5.75 Å². The molecule has 3 nitrogen and oxygen atoms in total. The monoisotopic (exact) mass is 474 g/mol. The van der Waals surface area contributed by atoms with Gasteiger partial charge in [0, 0.05) is 11.3 Å². The normalized spacial score (nSPS) is 13.4. The first kappa shape index (κ1) is 26.1. The van der Waals surface area contributed by atoms with E-state index in [0.717, 1.165) is 23.1 Å². The Kier molecular flexibility index (Phi) is 7.95.